The van der Waals surface area contributed by atoms with Crippen LogP contribution in [0.15, 0.2) is 48.5 Å². The number of amides is 1. The molecule has 0 saturated heterocycles. The Bertz CT molecular complexity index is 949. The van der Waals surface area contributed by atoms with E-state index in [-0.39, 0.29) is 6.61 Å². The maximum absolute atomic E-state index is 13.2. The summed E-state index contributed by atoms with van der Waals surface area (Å²) >= 11 is 0. The first-order valence-electron chi connectivity index (χ1n) is 8.52. The zero-order valence-corrected chi connectivity index (χ0v) is 14.9. The van der Waals surface area contributed by atoms with Crippen molar-refractivity contribution in [1.29, 1.82) is 0 Å². The van der Waals surface area contributed by atoms with Crippen molar-refractivity contribution in [3.63, 3.8) is 0 Å². The third-order valence-electron chi connectivity index (χ3n) is 4.26. The molecule has 1 aromatic heterocycles. The fourth-order valence-corrected chi connectivity index (χ4v) is 3.05. The zero-order valence-electron chi connectivity index (χ0n) is 14.9. The van der Waals surface area contributed by atoms with Crippen LogP contribution >= 0.6 is 0 Å². The molecule has 2 aromatic carbocycles. The summed E-state index contributed by atoms with van der Waals surface area (Å²) in [5, 5.41) is 3.15. The van der Waals surface area contributed by atoms with Crippen LogP contribution in [0.2, 0.25) is 0 Å². The van der Waals surface area contributed by atoms with Gasteiger partial charge in [-0.05, 0) is 37.6 Å². The molecule has 1 unspecified atom stereocenters. The lowest BCUT2D eigenvalue weighted by atomic mass is 9.98. The summed E-state index contributed by atoms with van der Waals surface area (Å²) in [6.07, 6.45) is -5.02. The number of rotatable bonds is 4. The number of benzene rings is 2. The van der Waals surface area contributed by atoms with Gasteiger partial charge in [0.1, 0.15) is 0 Å². The summed E-state index contributed by atoms with van der Waals surface area (Å²) < 4.78 is 44.5. The van der Waals surface area contributed by atoms with Gasteiger partial charge in [0.2, 0.25) is 0 Å². The van der Waals surface area contributed by atoms with Gasteiger partial charge in [0.25, 0.3) is 0 Å². The fraction of sp³-hybridized carbons (Fsp3) is 0.250. The third-order valence-corrected chi connectivity index (χ3v) is 4.26. The predicted molar refractivity (Wildman–Crippen MR) is 97.3 cm³/mol. The molecule has 1 heterocycles. The van der Waals surface area contributed by atoms with Gasteiger partial charge >= 0.3 is 12.3 Å². The van der Waals surface area contributed by atoms with Crippen molar-refractivity contribution in [3.05, 3.63) is 59.8 Å². The molecule has 142 valence electrons. The van der Waals surface area contributed by atoms with Gasteiger partial charge in [-0.2, -0.15) is 13.2 Å². The molecule has 3 aromatic rings. The third kappa shape index (κ3) is 3.92. The fourth-order valence-electron chi connectivity index (χ4n) is 3.05. The highest BCUT2D eigenvalue weighted by molar-refractivity contribution is 5.98. The molecule has 0 fully saturated rings. The highest BCUT2D eigenvalue weighted by Gasteiger charge is 2.31. The van der Waals surface area contributed by atoms with E-state index in [1.165, 1.54) is 6.07 Å². The summed E-state index contributed by atoms with van der Waals surface area (Å²) in [7, 11) is 0. The number of alkyl halides is 3. The molecule has 0 spiro atoms. The summed E-state index contributed by atoms with van der Waals surface area (Å²) in [5.41, 5.74) is 1.85. The monoisotopic (exact) mass is 376 g/mol. The van der Waals surface area contributed by atoms with Crippen LogP contribution in [-0.4, -0.2) is 17.7 Å². The maximum Gasteiger partial charge on any atom is 0.416 e. The Morgan fingerprint density at radius 3 is 2.52 bits per heavy atom. The van der Waals surface area contributed by atoms with Crippen molar-refractivity contribution in [3.8, 4) is 11.1 Å². The molecule has 4 nitrogen and oxygen atoms in total. The molecule has 3 rings (SSSR count). The van der Waals surface area contributed by atoms with Crippen LogP contribution in [-0.2, 0) is 10.9 Å². The number of aromatic amines is 1. The SMILES string of the molecule is CCOC(=O)NC(C)c1[nH]c2ccc(C(F)(F)F)cc2c1-c1ccccc1. The maximum atomic E-state index is 13.2. The van der Waals surface area contributed by atoms with Crippen LogP contribution in [0.5, 0.6) is 0 Å². The van der Waals surface area contributed by atoms with Crippen molar-refractivity contribution in [2.75, 3.05) is 6.61 Å². The minimum absolute atomic E-state index is 0.228. The molecule has 1 atom stereocenters. The van der Waals surface area contributed by atoms with Crippen molar-refractivity contribution in [1.82, 2.24) is 10.3 Å². The average molecular weight is 376 g/mol. The minimum Gasteiger partial charge on any atom is -0.450 e. The number of carbonyl (C=O) groups excluding carboxylic acids is 1. The van der Waals surface area contributed by atoms with Crippen molar-refractivity contribution >= 4 is 17.0 Å². The van der Waals surface area contributed by atoms with Gasteiger partial charge in [-0.1, -0.05) is 30.3 Å². The van der Waals surface area contributed by atoms with Gasteiger partial charge in [0.05, 0.1) is 18.2 Å². The van der Waals surface area contributed by atoms with Gasteiger partial charge in [-0.15, -0.1) is 0 Å². The molecule has 27 heavy (non-hydrogen) atoms. The molecular formula is C20H19F3N2O2. The van der Waals surface area contributed by atoms with Crippen LogP contribution in [0.1, 0.15) is 31.1 Å². The van der Waals surface area contributed by atoms with Crippen LogP contribution in [0.25, 0.3) is 22.0 Å². The second-order valence-corrected chi connectivity index (χ2v) is 6.12. The molecule has 0 bridgehead atoms. The summed E-state index contributed by atoms with van der Waals surface area (Å²) in [5.74, 6) is 0. The number of alkyl carbamates (subject to hydrolysis) is 1. The normalized spacial score (nSPS) is 12.8. The number of aromatic nitrogens is 1. The van der Waals surface area contributed by atoms with Crippen molar-refractivity contribution in [2.45, 2.75) is 26.1 Å². The van der Waals surface area contributed by atoms with Crippen LogP contribution < -0.4 is 5.32 Å². The smallest absolute Gasteiger partial charge is 0.416 e. The molecule has 7 heteroatoms. The van der Waals surface area contributed by atoms with Crippen molar-refractivity contribution < 1.29 is 22.7 Å². The van der Waals surface area contributed by atoms with E-state index < -0.39 is 23.9 Å². The predicted octanol–water partition coefficient (Wildman–Crippen LogP) is 5.66. The van der Waals surface area contributed by atoms with E-state index in [0.29, 0.717) is 22.2 Å². The van der Waals surface area contributed by atoms with Crippen LogP contribution in [0.3, 0.4) is 0 Å². The van der Waals surface area contributed by atoms with Gasteiger partial charge in [-0.25, -0.2) is 4.79 Å². The number of fused-ring (bicyclic) bond motifs is 1. The Morgan fingerprint density at radius 2 is 1.89 bits per heavy atom. The number of hydrogen-bond donors (Lipinski definition) is 2. The topological polar surface area (TPSA) is 54.1 Å². The van der Waals surface area contributed by atoms with Gasteiger partial charge < -0.3 is 15.0 Å². The Labute approximate surface area is 154 Å². The van der Waals surface area contributed by atoms with Gasteiger partial charge in [-0.3, -0.25) is 0 Å². The number of ether oxygens (including phenoxy) is 1. The molecular weight excluding hydrogens is 357 g/mol. The number of hydrogen-bond acceptors (Lipinski definition) is 2. The largest absolute Gasteiger partial charge is 0.450 e. The lowest BCUT2D eigenvalue weighted by Gasteiger charge is -2.15. The first-order valence-corrected chi connectivity index (χ1v) is 8.52. The number of carbonyl (C=O) groups is 1. The zero-order chi connectivity index (χ0) is 19.6. The average Bonchev–Trinajstić information content (AvgIpc) is 3.00. The molecule has 2 N–H and O–H groups in total. The van der Waals surface area contributed by atoms with E-state index in [0.717, 1.165) is 17.7 Å². The molecule has 0 saturated carbocycles. The highest BCUT2D eigenvalue weighted by atomic mass is 19.4. The molecule has 0 aliphatic rings. The van der Waals surface area contributed by atoms with Crippen molar-refractivity contribution in [2.24, 2.45) is 0 Å². The quantitative estimate of drug-likeness (QED) is 0.617. The Kier molecular flexibility index (Phi) is 5.12. The standard InChI is InChI=1S/C20H19F3N2O2/c1-3-27-19(26)24-12(2)18-17(13-7-5-4-6-8-13)15-11-14(20(21,22)23)9-10-16(15)25-18/h4-12,25H,3H2,1-2H3,(H,24,26). The minimum atomic E-state index is -4.44. The summed E-state index contributed by atoms with van der Waals surface area (Å²) in [6, 6.07) is 12.2. The first-order chi connectivity index (χ1) is 12.8. The van der Waals surface area contributed by atoms with Crippen LogP contribution in [0, 0.1) is 0 Å². The summed E-state index contributed by atoms with van der Waals surface area (Å²) in [4.78, 5) is 14.9. The highest BCUT2D eigenvalue weighted by Crippen LogP contribution is 2.39. The Hall–Kier alpha value is -2.96. The Morgan fingerprint density at radius 1 is 1.19 bits per heavy atom. The summed E-state index contributed by atoms with van der Waals surface area (Å²) in [6.45, 7) is 3.67. The number of nitrogens with one attached hydrogen (secondary N) is 2. The van der Waals surface area contributed by atoms with E-state index in [2.05, 4.69) is 10.3 Å². The number of halogens is 3. The van der Waals surface area contributed by atoms with Gasteiger partial charge in [0.15, 0.2) is 0 Å². The van der Waals surface area contributed by atoms with Crippen LogP contribution in [0.4, 0.5) is 18.0 Å². The molecule has 0 radical (unpaired) electrons. The lowest BCUT2D eigenvalue weighted by Crippen LogP contribution is -2.27. The first kappa shape index (κ1) is 18.8. The second-order valence-electron chi connectivity index (χ2n) is 6.12. The van der Waals surface area contributed by atoms with Gasteiger partial charge in [0, 0.05) is 22.2 Å². The molecule has 0 aliphatic carbocycles. The second kappa shape index (κ2) is 7.34. The molecule has 0 aliphatic heterocycles. The van der Waals surface area contributed by atoms with E-state index in [1.807, 2.05) is 30.3 Å². The van der Waals surface area contributed by atoms with E-state index >= 15 is 0 Å². The van der Waals surface area contributed by atoms with E-state index in [9.17, 15) is 18.0 Å². The molecule has 1 amide bonds. The van der Waals surface area contributed by atoms with E-state index in [4.69, 9.17) is 4.74 Å². The lowest BCUT2D eigenvalue weighted by molar-refractivity contribution is -0.137. The number of H-pyrrole nitrogens is 1. The van der Waals surface area contributed by atoms with E-state index in [1.54, 1.807) is 13.8 Å². The Balaban J connectivity index is 2.16.